The van der Waals surface area contributed by atoms with Gasteiger partial charge in [-0.2, -0.15) is 0 Å². The minimum Gasteiger partial charge on any atom is -0.368 e. The third-order valence-electron chi connectivity index (χ3n) is 3.69. The normalized spacial score (nSPS) is 14.5. The second-order valence-electron chi connectivity index (χ2n) is 5.22. The first-order chi connectivity index (χ1) is 10.2. The van der Waals surface area contributed by atoms with Crippen LogP contribution >= 0.6 is 44.7 Å². The van der Waals surface area contributed by atoms with E-state index in [1.165, 1.54) is 21.0 Å². The quantitative estimate of drug-likeness (QED) is 0.726. The molecule has 0 bridgehead atoms. The fraction of sp³-hybridized carbons (Fsp3) is 0.294. The largest absolute Gasteiger partial charge is 0.368 e. The average Bonchev–Trinajstić information content (AvgIpc) is 2.51. The molecule has 1 N–H and O–H groups in total. The van der Waals surface area contributed by atoms with E-state index in [-0.39, 0.29) is 17.0 Å². The van der Waals surface area contributed by atoms with E-state index in [1.54, 1.807) is 0 Å². The first-order valence-electron chi connectivity index (χ1n) is 7.23. The molecule has 0 atom stereocenters. The highest BCUT2D eigenvalue weighted by atomic mass is 79.9. The molecule has 0 aliphatic carbocycles. The zero-order chi connectivity index (χ0) is 14.7. The first-order valence-corrected chi connectivity index (χ1v) is 8.84. The molecule has 0 radical (unpaired) electrons. The van der Waals surface area contributed by atoms with Gasteiger partial charge in [0.05, 0.1) is 5.69 Å². The van der Waals surface area contributed by atoms with Gasteiger partial charge < -0.3 is 10.2 Å². The fourth-order valence-electron chi connectivity index (χ4n) is 2.53. The number of aryl methyl sites for hydroxylation is 1. The SMILES string of the molecule is Br.Cc1ccccc1Sc1cc(Br)ccc1N1CCNCC1. The number of halogens is 2. The number of anilines is 1. The molecule has 22 heavy (non-hydrogen) atoms. The van der Waals surface area contributed by atoms with Crippen LogP contribution in [0.25, 0.3) is 0 Å². The predicted octanol–water partition coefficient (Wildman–Crippen LogP) is 4.90. The van der Waals surface area contributed by atoms with Crippen molar-refractivity contribution in [2.75, 3.05) is 31.1 Å². The highest BCUT2D eigenvalue weighted by Crippen LogP contribution is 2.38. The van der Waals surface area contributed by atoms with Crippen molar-refractivity contribution in [1.29, 1.82) is 0 Å². The van der Waals surface area contributed by atoms with Gasteiger partial charge in [-0.05, 0) is 36.8 Å². The molecule has 1 fully saturated rings. The lowest BCUT2D eigenvalue weighted by molar-refractivity contribution is 0.587. The van der Waals surface area contributed by atoms with E-state index in [1.807, 2.05) is 11.8 Å². The smallest absolute Gasteiger partial charge is 0.0509 e. The molecular weight excluding hydrogens is 424 g/mol. The van der Waals surface area contributed by atoms with Crippen molar-refractivity contribution in [1.82, 2.24) is 5.32 Å². The van der Waals surface area contributed by atoms with Crippen LogP contribution in [0.3, 0.4) is 0 Å². The molecule has 118 valence electrons. The lowest BCUT2D eigenvalue weighted by Crippen LogP contribution is -2.43. The van der Waals surface area contributed by atoms with Gasteiger partial charge in [0, 0.05) is 40.4 Å². The molecule has 1 aliphatic heterocycles. The number of nitrogens with zero attached hydrogens (tertiary/aromatic N) is 1. The highest BCUT2D eigenvalue weighted by Gasteiger charge is 2.15. The van der Waals surface area contributed by atoms with Gasteiger partial charge in [-0.25, -0.2) is 0 Å². The third kappa shape index (κ3) is 4.28. The standard InChI is InChI=1S/C17H19BrN2S.BrH/c1-13-4-2-3-5-16(13)21-17-12-14(18)6-7-15(17)20-10-8-19-9-11-20;/h2-7,12,19H,8-11H2,1H3;1H. The van der Waals surface area contributed by atoms with Crippen LogP contribution in [0, 0.1) is 6.92 Å². The lowest BCUT2D eigenvalue weighted by Gasteiger charge is -2.31. The summed E-state index contributed by atoms with van der Waals surface area (Å²) in [6.45, 7) is 6.44. The van der Waals surface area contributed by atoms with Crippen molar-refractivity contribution in [2.24, 2.45) is 0 Å². The van der Waals surface area contributed by atoms with Crippen molar-refractivity contribution in [3.8, 4) is 0 Å². The zero-order valence-corrected chi connectivity index (χ0v) is 16.6. The van der Waals surface area contributed by atoms with Crippen LogP contribution in [0.15, 0.2) is 56.7 Å². The molecular formula is C17H20Br2N2S. The Kier molecular flexibility index (Phi) is 6.81. The van der Waals surface area contributed by atoms with E-state index in [4.69, 9.17) is 0 Å². The van der Waals surface area contributed by atoms with Crippen LogP contribution in [-0.4, -0.2) is 26.2 Å². The van der Waals surface area contributed by atoms with Crippen LogP contribution < -0.4 is 10.2 Å². The van der Waals surface area contributed by atoms with Gasteiger partial charge in [0.2, 0.25) is 0 Å². The Balaban J connectivity index is 0.00000176. The number of rotatable bonds is 3. The van der Waals surface area contributed by atoms with Gasteiger partial charge in [-0.3, -0.25) is 0 Å². The molecule has 0 unspecified atom stereocenters. The van der Waals surface area contributed by atoms with Crippen molar-refractivity contribution < 1.29 is 0 Å². The summed E-state index contributed by atoms with van der Waals surface area (Å²) in [7, 11) is 0. The van der Waals surface area contributed by atoms with E-state index in [0.717, 1.165) is 30.7 Å². The van der Waals surface area contributed by atoms with Gasteiger partial charge in [-0.1, -0.05) is 45.9 Å². The van der Waals surface area contributed by atoms with Crippen LogP contribution in [-0.2, 0) is 0 Å². The zero-order valence-electron chi connectivity index (χ0n) is 12.5. The Labute approximate surface area is 155 Å². The van der Waals surface area contributed by atoms with Crippen molar-refractivity contribution >= 4 is 50.4 Å². The molecule has 1 saturated heterocycles. The van der Waals surface area contributed by atoms with Crippen molar-refractivity contribution in [2.45, 2.75) is 16.7 Å². The first kappa shape index (κ1) is 17.9. The summed E-state index contributed by atoms with van der Waals surface area (Å²) in [6, 6.07) is 15.2. The Morgan fingerprint density at radius 3 is 2.50 bits per heavy atom. The minimum atomic E-state index is 0. The van der Waals surface area contributed by atoms with Gasteiger partial charge >= 0.3 is 0 Å². The van der Waals surface area contributed by atoms with Gasteiger partial charge in [0.25, 0.3) is 0 Å². The number of benzene rings is 2. The molecule has 2 nitrogen and oxygen atoms in total. The van der Waals surface area contributed by atoms with Gasteiger partial charge in [-0.15, -0.1) is 17.0 Å². The summed E-state index contributed by atoms with van der Waals surface area (Å²) in [5, 5.41) is 3.42. The highest BCUT2D eigenvalue weighted by molar-refractivity contribution is 9.10. The number of hydrogen-bond acceptors (Lipinski definition) is 3. The molecule has 1 heterocycles. The second kappa shape index (κ2) is 8.39. The maximum absolute atomic E-state index is 3.61. The van der Waals surface area contributed by atoms with Gasteiger partial charge in [0.1, 0.15) is 0 Å². The molecule has 0 spiro atoms. The van der Waals surface area contributed by atoms with Crippen LogP contribution in [0.5, 0.6) is 0 Å². The molecule has 3 rings (SSSR count). The van der Waals surface area contributed by atoms with E-state index >= 15 is 0 Å². The van der Waals surface area contributed by atoms with Crippen LogP contribution in [0.2, 0.25) is 0 Å². The Bertz CT molecular complexity index is 628. The molecule has 0 aromatic heterocycles. The van der Waals surface area contributed by atoms with E-state index in [2.05, 4.69) is 75.5 Å². The summed E-state index contributed by atoms with van der Waals surface area (Å²) in [4.78, 5) is 5.12. The van der Waals surface area contributed by atoms with Crippen molar-refractivity contribution in [3.63, 3.8) is 0 Å². The topological polar surface area (TPSA) is 15.3 Å². The second-order valence-corrected chi connectivity index (χ2v) is 7.22. The predicted molar refractivity (Wildman–Crippen MR) is 105 cm³/mol. The van der Waals surface area contributed by atoms with Gasteiger partial charge in [0.15, 0.2) is 0 Å². The Hall–Kier alpha value is -0.490. The molecule has 2 aromatic carbocycles. The van der Waals surface area contributed by atoms with E-state index in [9.17, 15) is 0 Å². The summed E-state index contributed by atoms with van der Waals surface area (Å²) >= 11 is 5.46. The van der Waals surface area contributed by atoms with Crippen LogP contribution in [0.4, 0.5) is 5.69 Å². The lowest BCUT2D eigenvalue weighted by atomic mass is 10.2. The van der Waals surface area contributed by atoms with E-state index < -0.39 is 0 Å². The maximum Gasteiger partial charge on any atom is 0.0509 e. The summed E-state index contributed by atoms with van der Waals surface area (Å²) in [5.41, 5.74) is 2.67. The fourth-order valence-corrected chi connectivity index (χ4v) is 4.14. The maximum atomic E-state index is 3.61. The molecule has 5 heteroatoms. The molecule has 1 aliphatic rings. The summed E-state index contributed by atoms with van der Waals surface area (Å²) < 4.78 is 1.14. The molecule has 0 saturated carbocycles. The summed E-state index contributed by atoms with van der Waals surface area (Å²) in [6.07, 6.45) is 0. The molecule has 0 amide bonds. The minimum absolute atomic E-state index is 0. The Morgan fingerprint density at radius 1 is 1.05 bits per heavy atom. The Morgan fingerprint density at radius 2 is 1.77 bits per heavy atom. The molecule has 2 aromatic rings. The number of hydrogen-bond donors (Lipinski definition) is 1. The monoisotopic (exact) mass is 442 g/mol. The van der Waals surface area contributed by atoms with Crippen molar-refractivity contribution in [3.05, 3.63) is 52.5 Å². The third-order valence-corrected chi connectivity index (χ3v) is 5.41. The van der Waals surface area contributed by atoms with E-state index in [0.29, 0.717) is 0 Å². The van der Waals surface area contributed by atoms with Crippen LogP contribution in [0.1, 0.15) is 5.56 Å². The summed E-state index contributed by atoms with van der Waals surface area (Å²) in [5.74, 6) is 0. The number of piperazine rings is 1. The number of nitrogens with one attached hydrogen (secondary N) is 1. The average molecular weight is 444 g/mol.